The number of nitrogens with zero attached hydrogens (tertiary/aromatic N) is 1. The number of benzene rings is 1. The molecule has 4 heterocycles. The minimum absolute atomic E-state index is 0.270. The van der Waals surface area contributed by atoms with Crippen LogP contribution in [0.25, 0.3) is 0 Å². The summed E-state index contributed by atoms with van der Waals surface area (Å²) >= 11 is 0. The fourth-order valence-electron chi connectivity index (χ4n) is 4.38. The Kier molecular flexibility index (Phi) is 3.10. The zero-order valence-corrected chi connectivity index (χ0v) is 13.6. The van der Waals surface area contributed by atoms with Gasteiger partial charge in [0.25, 0.3) is 0 Å². The highest BCUT2D eigenvalue weighted by molar-refractivity contribution is 6.24. The highest BCUT2D eigenvalue weighted by atomic mass is 16.7. The number of para-hydroxylation sites is 2. The standard InChI is InChI=1S/C18H17NO6/c1-22-11-5-3-2-4-10(11)19-15(20)13-12-6-7-18(25-12,14(13)16(19)21)17-23-8-9-24-17/h2-7,12-14,17H,8-9H2,1H3/t12-,13+,14+,18-/m1/s1. The second-order valence-electron chi connectivity index (χ2n) is 6.56. The van der Waals surface area contributed by atoms with Gasteiger partial charge in [-0.25, -0.2) is 4.90 Å². The number of anilines is 1. The molecule has 0 radical (unpaired) electrons. The molecule has 130 valence electrons. The first-order valence-electron chi connectivity index (χ1n) is 8.28. The fourth-order valence-corrected chi connectivity index (χ4v) is 4.38. The Morgan fingerprint density at radius 1 is 1.16 bits per heavy atom. The van der Waals surface area contributed by atoms with Crippen molar-refractivity contribution in [2.75, 3.05) is 25.2 Å². The minimum Gasteiger partial charge on any atom is -0.495 e. The van der Waals surface area contributed by atoms with Gasteiger partial charge in [0, 0.05) is 0 Å². The molecule has 7 heteroatoms. The summed E-state index contributed by atoms with van der Waals surface area (Å²) < 4.78 is 22.6. The highest BCUT2D eigenvalue weighted by Gasteiger charge is 2.71. The normalized spacial score (nSPS) is 36.5. The number of hydrogen-bond acceptors (Lipinski definition) is 6. The molecule has 25 heavy (non-hydrogen) atoms. The van der Waals surface area contributed by atoms with E-state index in [9.17, 15) is 9.59 Å². The number of amides is 2. The van der Waals surface area contributed by atoms with E-state index in [-0.39, 0.29) is 11.8 Å². The smallest absolute Gasteiger partial charge is 0.241 e. The van der Waals surface area contributed by atoms with Crippen LogP contribution in [-0.2, 0) is 23.8 Å². The second-order valence-corrected chi connectivity index (χ2v) is 6.56. The largest absolute Gasteiger partial charge is 0.495 e. The monoisotopic (exact) mass is 343 g/mol. The third-order valence-corrected chi connectivity index (χ3v) is 5.39. The molecular formula is C18H17NO6. The predicted octanol–water partition coefficient (Wildman–Crippen LogP) is 0.881. The first kappa shape index (κ1) is 15.1. The first-order valence-corrected chi connectivity index (χ1v) is 8.28. The summed E-state index contributed by atoms with van der Waals surface area (Å²) in [7, 11) is 1.51. The van der Waals surface area contributed by atoms with Crippen LogP contribution in [0.15, 0.2) is 36.4 Å². The average Bonchev–Trinajstić information content (AvgIpc) is 3.38. The van der Waals surface area contributed by atoms with Crippen LogP contribution in [0.1, 0.15) is 0 Å². The van der Waals surface area contributed by atoms with Gasteiger partial charge in [0.05, 0.1) is 44.0 Å². The van der Waals surface area contributed by atoms with Gasteiger partial charge in [0.2, 0.25) is 11.8 Å². The van der Waals surface area contributed by atoms with Crippen molar-refractivity contribution in [1.29, 1.82) is 0 Å². The summed E-state index contributed by atoms with van der Waals surface area (Å²) in [6, 6.07) is 7.01. The van der Waals surface area contributed by atoms with E-state index in [1.165, 1.54) is 12.0 Å². The maximum Gasteiger partial charge on any atom is 0.241 e. The molecule has 0 unspecified atom stereocenters. The fraction of sp³-hybridized carbons (Fsp3) is 0.444. The van der Waals surface area contributed by atoms with Crippen LogP contribution in [0.4, 0.5) is 5.69 Å². The summed E-state index contributed by atoms with van der Waals surface area (Å²) in [5, 5.41) is 0. The Bertz CT molecular complexity index is 786. The van der Waals surface area contributed by atoms with Crippen molar-refractivity contribution in [2.24, 2.45) is 11.8 Å². The number of ether oxygens (including phenoxy) is 4. The van der Waals surface area contributed by atoms with E-state index >= 15 is 0 Å². The molecule has 5 rings (SSSR count). The van der Waals surface area contributed by atoms with Crippen molar-refractivity contribution in [1.82, 2.24) is 0 Å². The van der Waals surface area contributed by atoms with Gasteiger partial charge in [-0.05, 0) is 18.2 Å². The van der Waals surface area contributed by atoms with E-state index in [0.717, 1.165) is 0 Å². The quantitative estimate of drug-likeness (QED) is 0.599. The van der Waals surface area contributed by atoms with Crippen molar-refractivity contribution in [3.05, 3.63) is 36.4 Å². The Hall–Kier alpha value is -2.22. The molecule has 0 spiro atoms. The summed E-state index contributed by atoms with van der Waals surface area (Å²) in [6.45, 7) is 0.897. The lowest BCUT2D eigenvalue weighted by molar-refractivity contribution is -0.180. The molecular weight excluding hydrogens is 326 g/mol. The molecule has 0 N–H and O–H groups in total. The van der Waals surface area contributed by atoms with E-state index in [1.54, 1.807) is 24.3 Å². The Labute approximate surface area is 144 Å². The summed E-state index contributed by atoms with van der Waals surface area (Å²) in [4.78, 5) is 27.5. The molecule has 0 aliphatic carbocycles. The SMILES string of the molecule is COc1ccccc1N1C(=O)[C@@H]2[C@@H](C1=O)[C@@]1(C3OCCO3)C=C[C@H]2O1. The van der Waals surface area contributed by atoms with Gasteiger partial charge >= 0.3 is 0 Å². The highest BCUT2D eigenvalue weighted by Crippen LogP contribution is 2.55. The molecule has 4 atom stereocenters. The van der Waals surface area contributed by atoms with E-state index in [0.29, 0.717) is 24.7 Å². The van der Waals surface area contributed by atoms with Gasteiger partial charge in [-0.3, -0.25) is 9.59 Å². The zero-order chi connectivity index (χ0) is 17.2. The van der Waals surface area contributed by atoms with Crippen LogP contribution < -0.4 is 9.64 Å². The van der Waals surface area contributed by atoms with E-state index < -0.39 is 29.8 Å². The van der Waals surface area contributed by atoms with Gasteiger partial charge in [-0.2, -0.15) is 0 Å². The lowest BCUT2D eigenvalue weighted by Gasteiger charge is -2.32. The zero-order valence-electron chi connectivity index (χ0n) is 13.6. The lowest BCUT2D eigenvalue weighted by Crippen LogP contribution is -2.49. The van der Waals surface area contributed by atoms with Crippen molar-refractivity contribution in [2.45, 2.75) is 18.0 Å². The van der Waals surface area contributed by atoms with Crippen LogP contribution in [0.3, 0.4) is 0 Å². The lowest BCUT2D eigenvalue weighted by atomic mass is 9.76. The van der Waals surface area contributed by atoms with Crippen LogP contribution in [0, 0.1) is 11.8 Å². The minimum atomic E-state index is -1.03. The first-order chi connectivity index (χ1) is 12.2. The Morgan fingerprint density at radius 2 is 1.92 bits per heavy atom. The van der Waals surface area contributed by atoms with Crippen molar-refractivity contribution in [3.8, 4) is 5.75 Å². The Balaban J connectivity index is 1.58. The number of carbonyl (C=O) groups is 2. The van der Waals surface area contributed by atoms with Crippen LogP contribution in [0.5, 0.6) is 5.75 Å². The van der Waals surface area contributed by atoms with Gasteiger partial charge in [0.15, 0.2) is 11.9 Å². The van der Waals surface area contributed by atoms with Gasteiger partial charge in [-0.15, -0.1) is 0 Å². The average molecular weight is 343 g/mol. The molecule has 7 nitrogen and oxygen atoms in total. The number of rotatable bonds is 3. The van der Waals surface area contributed by atoms with Crippen LogP contribution in [0.2, 0.25) is 0 Å². The topological polar surface area (TPSA) is 74.3 Å². The van der Waals surface area contributed by atoms with Crippen LogP contribution >= 0.6 is 0 Å². The van der Waals surface area contributed by atoms with Gasteiger partial charge in [-0.1, -0.05) is 18.2 Å². The van der Waals surface area contributed by atoms with E-state index in [4.69, 9.17) is 18.9 Å². The van der Waals surface area contributed by atoms with Gasteiger partial charge in [0.1, 0.15) is 5.75 Å². The number of hydrogen-bond donors (Lipinski definition) is 0. The summed E-state index contributed by atoms with van der Waals surface area (Å²) in [5.74, 6) is -1.30. The molecule has 2 bridgehead atoms. The van der Waals surface area contributed by atoms with Gasteiger partial charge < -0.3 is 18.9 Å². The van der Waals surface area contributed by atoms with Crippen molar-refractivity contribution < 1.29 is 28.5 Å². The number of methoxy groups -OCH3 is 1. The second kappa shape index (κ2) is 5.14. The molecule has 3 saturated heterocycles. The number of fused-ring (bicyclic) bond motifs is 5. The molecule has 3 fully saturated rings. The summed E-state index contributed by atoms with van der Waals surface area (Å²) in [6.07, 6.45) is 2.56. The number of carbonyl (C=O) groups excluding carboxylic acids is 2. The van der Waals surface area contributed by atoms with Crippen LogP contribution in [-0.4, -0.2) is 50.1 Å². The Morgan fingerprint density at radius 3 is 2.68 bits per heavy atom. The van der Waals surface area contributed by atoms with E-state index in [2.05, 4.69) is 0 Å². The third-order valence-electron chi connectivity index (χ3n) is 5.39. The maximum absolute atomic E-state index is 13.2. The molecule has 4 aliphatic heterocycles. The molecule has 1 aromatic carbocycles. The summed E-state index contributed by atoms with van der Waals surface area (Å²) in [5.41, 5.74) is -0.577. The van der Waals surface area contributed by atoms with E-state index in [1.807, 2.05) is 12.2 Å². The van der Waals surface area contributed by atoms with Crippen molar-refractivity contribution >= 4 is 17.5 Å². The maximum atomic E-state index is 13.2. The molecule has 0 saturated carbocycles. The van der Waals surface area contributed by atoms with Crippen molar-refractivity contribution in [3.63, 3.8) is 0 Å². The number of imide groups is 1. The molecule has 2 amide bonds. The molecule has 4 aliphatic rings. The molecule has 1 aromatic rings. The predicted molar refractivity (Wildman–Crippen MR) is 84.9 cm³/mol. The molecule has 0 aromatic heterocycles. The third kappa shape index (κ3) is 1.80.